The lowest BCUT2D eigenvalue weighted by Crippen LogP contribution is -2.38. The number of fused-ring (bicyclic) bond motifs is 1. The first-order chi connectivity index (χ1) is 7.27. The largest absolute Gasteiger partial charge is 0.379 e. The third kappa shape index (κ3) is 1.63. The zero-order valence-corrected chi connectivity index (χ0v) is 9.61. The van der Waals surface area contributed by atoms with E-state index in [1.165, 1.54) is 49.8 Å². The van der Waals surface area contributed by atoms with Crippen LogP contribution in [0.3, 0.4) is 0 Å². The van der Waals surface area contributed by atoms with Gasteiger partial charge >= 0.3 is 0 Å². The van der Waals surface area contributed by atoms with Crippen LogP contribution in [0.2, 0.25) is 5.02 Å². The molecule has 1 heterocycles. The van der Waals surface area contributed by atoms with E-state index in [0.29, 0.717) is 5.54 Å². The fourth-order valence-corrected chi connectivity index (χ4v) is 3.25. The van der Waals surface area contributed by atoms with Gasteiger partial charge in [0, 0.05) is 16.2 Å². The quantitative estimate of drug-likeness (QED) is 0.698. The fourth-order valence-electron chi connectivity index (χ4n) is 3.06. The van der Waals surface area contributed by atoms with E-state index in [2.05, 4.69) is 17.4 Å². The number of benzene rings is 1. The van der Waals surface area contributed by atoms with Crippen LogP contribution in [0.15, 0.2) is 18.2 Å². The van der Waals surface area contributed by atoms with Gasteiger partial charge in [-0.15, -0.1) is 0 Å². The highest BCUT2D eigenvalue weighted by atomic mass is 35.5. The molecule has 1 fully saturated rings. The summed E-state index contributed by atoms with van der Waals surface area (Å²) < 4.78 is 0. The van der Waals surface area contributed by atoms with Crippen molar-refractivity contribution in [2.75, 3.05) is 5.32 Å². The van der Waals surface area contributed by atoms with E-state index in [0.717, 1.165) is 5.02 Å². The summed E-state index contributed by atoms with van der Waals surface area (Å²) in [6, 6.07) is 6.23. The van der Waals surface area contributed by atoms with E-state index in [1.54, 1.807) is 0 Å². The van der Waals surface area contributed by atoms with Crippen LogP contribution in [0.1, 0.15) is 37.7 Å². The third-order valence-electron chi connectivity index (χ3n) is 3.81. The van der Waals surface area contributed by atoms with Gasteiger partial charge < -0.3 is 5.32 Å². The maximum absolute atomic E-state index is 6.02. The van der Waals surface area contributed by atoms with Crippen molar-refractivity contribution in [1.29, 1.82) is 0 Å². The Morgan fingerprint density at radius 3 is 2.73 bits per heavy atom. The van der Waals surface area contributed by atoms with E-state index < -0.39 is 0 Å². The number of rotatable bonds is 0. The topological polar surface area (TPSA) is 12.0 Å². The Labute approximate surface area is 95.8 Å². The lowest BCUT2D eigenvalue weighted by Gasteiger charge is -2.34. The Morgan fingerprint density at radius 2 is 1.93 bits per heavy atom. The zero-order chi connectivity index (χ0) is 10.3. The average Bonchev–Trinajstić information content (AvgIpc) is 2.56. The van der Waals surface area contributed by atoms with Crippen molar-refractivity contribution in [2.24, 2.45) is 0 Å². The number of hydrogen-bond donors (Lipinski definition) is 1. The molecule has 15 heavy (non-hydrogen) atoms. The summed E-state index contributed by atoms with van der Waals surface area (Å²) in [7, 11) is 0. The first-order valence-corrected chi connectivity index (χ1v) is 6.22. The molecule has 1 aliphatic heterocycles. The lowest BCUT2D eigenvalue weighted by atomic mass is 9.80. The molecule has 1 aromatic carbocycles. The monoisotopic (exact) mass is 221 g/mol. The minimum atomic E-state index is 0.366. The Kier molecular flexibility index (Phi) is 2.17. The molecule has 0 bridgehead atoms. The molecule has 3 rings (SSSR count). The average molecular weight is 222 g/mol. The van der Waals surface area contributed by atoms with Gasteiger partial charge in [-0.3, -0.25) is 0 Å². The summed E-state index contributed by atoms with van der Waals surface area (Å²) >= 11 is 6.02. The summed E-state index contributed by atoms with van der Waals surface area (Å²) in [6.07, 6.45) is 7.95. The molecule has 0 radical (unpaired) electrons. The van der Waals surface area contributed by atoms with Crippen molar-refractivity contribution in [3.8, 4) is 0 Å². The van der Waals surface area contributed by atoms with Gasteiger partial charge in [-0.05, 0) is 43.0 Å². The normalized spacial score (nSPS) is 22.5. The van der Waals surface area contributed by atoms with Gasteiger partial charge in [-0.2, -0.15) is 0 Å². The molecular formula is C13H16ClN. The molecule has 2 heteroatoms. The van der Waals surface area contributed by atoms with Crippen LogP contribution in [0, 0.1) is 0 Å². The number of nitrogens with one attached hydrogen (secondary N) is 1. The molecule has 2 aliphatic rings. The van der Waals surface area contributed by atoms with Crippen molar-refractivity contribution in [2.45, 2.75) is 44.1 Å². The molecule has 1 spiro atoms. The van der Waals surface area contributed by atoms with Crippen molar-refractivity contribution in [3.05, 3.63) is 28.8 Å². The van der Waals surface area contributed by atoms with Crippen LogP contribution < -0.4 is 5.32 Å². The smallest absolute Gasteiger partial charge is 0.0414 e. The van der Waals surface area contributed by atoms with Crippen molar-refractivity contribution >= 4 is 17.3 Å². The fraction of sp³-hybridized carbons (Fsp3) is 0.538. The second-order valence-electron chi connectivity index (χ2n) is 4.94. The molecule has 80 valence electrons. The number of halogens is 1. The SMILES string of the molecule is Clc1ccc2c(c1)CC1(CCCCC1)N2. The minimum Gasteiger partial charge on any atom is -0.379 e. The van der Waals surface area contributed by atoms with Gasteiger partial charge in [-0.25, -0.2) is 0 Å². The van der Waals surface area contributed by atoms with E-state index in [9.17, 15) is 0 Å². The van der Waals surface area contributed by atoms with Crippen LogP contribution in [0.4, 0.5) is 5.69 Å². The van der Waals surface area contributed by atoms with Gasteiger partial charge in [-0.1, -0.05) is 30.9 Å². The molecule has 0 amide bonds. The van der Waals surface area contributed by atoms with Crippen LogP contribution >= 0.6 is 11.6 Å². The highest BCUT2D eigenvalue weighted by Crippen LogP contribution is 2.42. The van der Waals surface area contributed by atoms with Crippen LogP contribution in [0.5, 0.6) is 0 Å². The van der Waals surface area contributed by atoms with E-state index in [1.807, 2.05) is 6.07 Å². The predicted molar refractivity (Wildman–Crippen MR) is 64.6 cm³/mol. The van der Waals surface area contributed by atoms with Crippen LogP contribution in [0.25, 0.3) is 0 Å². The Balaban J connectivity index is 1.90. The maximum atomic E-state index is 6.02. The van der Waals surface area contributed by atoms with Gasteiger partial charge in [0.2, 0.25) is 0 Å². The minimum absolute atomic E-state index is 0.366. The van der Waals surface area contributed by atoms with Gasteiger partial charge in [0.25, 0.3) is 0 Å². The third-order valence-corrected chi connectivity index (χ3v) is 4.04. The molecule has 0 aromatic heterocycles. The molecule has 0 unspecified atom stereocenters. The van der Waals surface area contributed by atoms with Crippen molar-refractivity contribution < 1.29 is 0 Å². The first-order valence-electron chi connectivity index (χ1n) is 5.84. The molecule has 1 N–H and O–H groups in total. The summed E-state index contributed by atoms with van der Waals surface area (Å²) in [5.41, 5.74) is 3.08. The zero-order valence-electron chi connectivity index (χ0n) is 8.85. The summed E-state index contributed by atoms with van der Waals surface area (Å²) in [5, 5.41) is 4.58. The first kappa shape index (κ1) is 9.53. The molecule has 1 aromatic rings. The van der Waals surface area contributed by atoms with Gasteiger partial charge in [0.1, 0.15) is 0 Å². The van der Waals surface area contributed by atoms with E-state index in [4.69, 9.17) is 11.6 Å². The van der Waals surface area contributed by atoms with Crippen molar-refractivity contribution in [1.82, 2.24) is 0 Å². The van der Waals surface area contributed by atoms with E-state index >= 15 is 0 Å². The summed E-state index contributed by atoms with van der Waals surface area (Å²) in [5.74, 6) is 0. The standard InChI is InChI=1S/C13H16ClN/c14-11-4-5-12-10(8-11)9-13(15-12)6-2-1-3-7-13/h4-5,8,15H,1-3,6-7,9H2. The predicted octanol–water partition coefficient (Wildman–Crippen LogP) is 4.01. The van der Waals surface area contributed by atoms with Gasteiger partial charge in [0.15, 0.2) is 0 Å². The maximum Gasteiger partial charge on any atom is 0.0414 e. The van der Waals surface area contributed by atoms with E-state index in [-0.39, 0.29) is 0 Å². The summed E-state index contributed by atoms with van der Waals surface area (Å²) in [4.78, 5) is 0. The van der Waals surface area contributed by atoms with Crippen LogP contribution in [-0.4, -0.2) is 5.54 Å². The molecule has 1 aliphatic carbocycles. The number of anilines is 1. The highest BCUT2D eigenvalue weighted by molar-refractivity contribution is 6.30. The Morgan fingerprint density at radius 1 is 1.13 bits per heavy atom. The van der Waals surface area contributed by atoms with Gasteiger partial charge in [0.05, 0.1) is 0 Å². The second kappa shape index (κ2) is 3.41. The molecule has 0 atom stereocenters. The number of hydrogen-bond acceptors (Lipinski definition) is 1. The molecule has 0 saturated heterocycles. The Hall–Kier alpha value is -0.690. The highest BCUT2D eigenvalue weighted by Gasteiger charge is 2.37. The van der Waals surface area contributed by atoms with Crippen LogP contribution in [-0.2, 0) is 6.42 Å². The molecule has 1 nitrogen and oxygen atoms in total. The molecule has 1 saturated carbocycles. The Bertz CT molecular complexity index is 380. The lowest BCUT2D eigenvalue weighted by molar-refractivity contribution is 0.333. The summed E-state index contributed by atoms with van der Waals surface area (Å²) in [6.45, 7) is 0. The second-order valence-corrected chi connectivity index (χ2v) is 5.38. The van der Waals surface area contributed by atoms with Crippen molar-refractivity contribution in [3.63, 3.8) is 0 Å². The molecular weight excluding hydrogens is 206 g/mol.